The van der Waals surface area contributed by atoms with Crippen molar-refractivity contribution in [3.05, 3.63) is 38.7 Å². The van der Waals surface area contributed by atoms with Gasteiger partial charge < -0.3 is 10.4 Å². The molecule has 0 aromatic carbocycles. The number of fused-ring (bicyclic) bond motifs is 1. The molecule has 12 nitrogen and oxygen atoms in total. The highest BCUT2D eigenvalue weighted by Gasteiger charge is 2.54. The number of nitrogens with zero attached hydrogens (tertiary/aromatic N) is 3. The average Bonchev–Trinajstić information content (AvgIpc) is 3.46. The van der Waals surface area contributed by atoms with Gasteiger partial charge in [0.2, 0.25) is 5.91 Å². The number of carboxylic acids is 1. The number of thioether (sulfide) groups is 2. The third-order valence-corrected chi connectivity index (χ3v) is 9.79. The third-order valence-electron chi connectivity index (χ3n) is 4.86. The van der Waals surface area contributed by atoms with Gasteiger partial charge in [-0.1, -0.05) is 29.2 Å². The van der Waals surface area contributed by atoms with Crippen molar-refractivity contribution in [1.82, 2.24) is 25.7 Å². The van der Waals surface area contributed by atoms with Gasteiger partial charge in [0.15, 0.2) is 4.34 Å². The van der Waals surface area contributed by atoms with Gasteiger partial charge in [0.05, 0.1) is 13.0 Å². The topological polar surface area (TPSA) is 179 Å². The molecule has 1 saturated heterocycles. The van der Waals surface area contributed by atoms with E-state index >= 15 is 0 Å². The Morgan fingerprint density at radius 1 is 1.31 bits per heavy atom. The molecule has 2 aromatic rings. The number of carboxylic acid groups (broad SMARTS) is 1. The molecule has 35 heavy (non-hydrogen) atoms. The number of carbonyl (C=O) groups is 3. The standard InChI is InChI=1S/C18H19N5O7S5/c24-11(4-10-2-1-3-31-10)20-13-15(25)23-14(17(26)27)9(6-32-16(13)23)7-33-18-22-21-12(34-18)5-19-8-35(28,29)30/h1-3,13,16,19H,4-8H2,(H,20,24)(H,26,27)(H,28,29,30)/t13?,16-/m1/s1. The van der Waals surface area contributed by atoms with Gasteiger partial charge in [0.25, 0.3) is 16.0 Å². The van der Waals surface area contributed by atoms with E-state index in [1.807, 2.05) is 17.5 Å². The number of rotatable bonds is 11. The largest absolute Gasteiger partial charge is 0.477 e. The summed E-state index contributed by atoms with van der Waals surface area (Å²) in [4.78, 5) is 39.2. The number of β-lactam (4-membered cyclic amide) rings is 1. The van der Waals surface area contributed by atoms with E-state index in [9.17, 15) is 27.9 Å². The molecule has 2 atom stereocenters. The molecule has 188 valence electrons. The van der Waals surface area contributed by atoms with Gasteiger partial charge in [-0.3, -0.25) is 24.4 Å². The molecule has 2 aliphatic rings. The fourth-order valence-corrected chi connectivity index (χ4v) is 7.81. The van der Waals surface area contributed by atoms with Gasteiger partial charge in [-0.25, -0.2) is 4.79 Å². The highest BCUT2D eigenvalue weighted by molar-refractivity contribution is 8.01. The van der Waals surface area contributed by atoms with Crippen LogP contribution in [0.15, 0.2) is 33.1 Å². The summed E-state index contributed by atoms with van der Waals surface area (Å²) >= 11 is 5.30. The van der Waals surface area contributed by atoms with Gasteiger partial charge in [-0.05, 0) is 17.0 Å². The second kappa shape index (κ2) is 10.9. The fraction of sp³-hybridized carbons (Fsp3) is 0.389. The predicted octanol–water partition coefficient (Wildman–Crippen LogP) is 0.608. The molecule has 17 heteroatoms. The molecule has 0 radical (unpaired) electrons. The number of amides is 2. The lowest BCUT2D eigenvalue weighted by Crippen LogP contribution is -2.70. The lowest BCUT2D eigenvalue weighted by molar-refractivity contribution is -0.150. The van der Waals surface area contributed by atoms with Crippen LogP contribution in [0.4, 0.5) is 0 Å². The maximum atomic E-state index is 12.8. The highest BCUT2D eigenvalue weighted by Crippen LogP contribution is 2.41. The summed E-state index contributed by atoms with van der Waals surface area (Å²) in [6.07, 6.45) is 0.164. The number of aromatic nitrogens is 2. The molecule has 0 bridgehead atoms. The molecule has 1 unspecified atom stereocenters. The van der Waals surface area contributed by atoms with Crippen LogP contribution in [0, 0.1) is 0 Å². The number of hydrogen-bond acceptors (Lipinski definition) is 12. The first-order valence-electron chi connectivity index (χ1n) is 9.95. The Bertz CT molecular complexity index is 1260. The van der Waals surface area contributed by atoms with Crippen LogP contribution in [-0.4, -0.2) is 79.8 Å². The average molecular weight is 578 g/mol. The van der Waals surface area contributed by atoms with Gasteiger partial charge in [0.1, 0.15) is 28.0 Å². The summed E-state index contributed by atoms with van der Waals surface area (Å²) in [6.45, 7) is 0.0977. The number of hydrogen-bond donors (Lipinski definition) is 4. The van der Waals surface area contributed by atoms with E-state index in [-0.39, 0.29) is 30.3 Å². The van der Waals surface area contributed by atoms with Gasteiger partial charge in [-0.15, -0.1) is 33.3 Å². The lowest BCUT2D eigenvalue weighted by atomic mass is 10.0. The molecular weight excluding hydrogens is 559 g/mol. The Morgan fingerprint density at radius 3 is 2.80 bits per heavy atom. The summed E-state index contributed by atoms with van der Waals surface area (Å²) in [5, 5.41) is 24.9. The van der Waals surface area contributed by atoms with Crippen molar-refractivity contribution < 1.29 is 32.5 Å². The van der Waals surface area contributed by atoms with E-state index in [2.05, 4.69) is 20.8 Å². The number of thiophene rings is 1. The van der Waals surface area contributed by atoms with Crippen LogP contribution in [0.1, 0.15) is 9.88 Å². The summed E-state index contributed by atoms with van der Waals surface area (Å²) in [7, 11) is -4.14. The lowest BCUT2D eigenvalue weighted by Gasteiger charge is -2.49. The molecule has 4 N–H and O–H groups in total. The fourth-order valence-electron chi connectivity index (χ4n) is 3.39. The summed E-state index contributed by atoms with van der Waals surface area (Å²) in [5.41, 5.74) is 0.483. The quantitative estimate of drug-likeness (QED) is 0.166. The molecule has 0 spiro atoms. The SMILES string of the molecule is O=C(Cc1cccs1)NC1C(=O)N2C(C(=O)O)=C(CSc3nnc(CNCS(=O)(=O)O)s3)CS[C@H]12. The van der Waals surface area contributed by atoms with Crippen LogP contribution in [0.3, 0.4) is 0 Å². The molecule has 1 fully saturated rings. The van der Waals surface area contributed by atoms with Crippen molar-refractivity contribution in [2.75, 3.05) is 17.4 Å². The first-order valence-corrected chi connectivity index (χ1v) is 15.3. The number of carbonyl (C=O) groups excluding carboxylic acids is 2. The molecule has 2 aromatic heterocycles. The Hall–Kier alpha value is -2.02. The number of aliphatic carboxylic acids is 1. The maximum absolute atomic E-state index is 12.8. The Balaban J connectivity index is 1.36. The van der Waals surface area contributed by atoms with Crippen LogP contribution in [0.5, 0.6) is 0 Å². The van der Waals surface area contributed by atoms with Crippen molar-refractivity contribution in [2.45, 2.75) is 28.7 Å². The molecule has 4 heterocycles. The first kappa shape index (κ1) is 26.1. The van der Waals surface area contributed by atoms with Crippen LogP contribution < -0.4 is 10.6 Å². The van der Waals surface area contributed by atoms with Gasteiger partial charge in [-0.2, -0.15) is 8.42 Å². The minimum Gasteiger partial charge on any atom is -0.477 e. The van der Waals surface area contributed by atoms with Gasteiger partial charge in [0, 0.05) is 16.4 Å². The van der Waals surface area contributed by atoms with E-state index < -0.39 is 39.3 Å². The van der Waals surface area contributed by atoms with E-state index in [1.165, 1.54) is 51.1 Å². The Labute approximate surface area is 216 Å². The summed E-state index contributed by atoms with van der Waals surface area (Å²) < 4.78 is 30.8. The van der Waals surface area contributed by atoms with Crippen LogP contribution >= 0.6 is 46.2 Å². The maximum Gasteiger partial charge on any atom is 0.352 e. The van der Waals surface area contributed by atoms with Gasteiger partial charge >= 0.3 is 5.97 Å². The third kappa shape index (κ3) is 6.41. The van der Waals surface area contributed by atoms with Crippen molar-refractivity contribution in [3.63, 3.8) is 0 Å². The minimum absolute atomic E-state index is 0.0745. The molecule has 2 amide bonds. The molecule has 2 aliphatic heterocycles. The monoisotopic (exact) mass is 577 g/mol. The second-order valence-corrected chi connectivity index (χ2v) is 13.2. The number of nitrogens with one attached hydrogen (secondary N) is 2. The van der Waals surface area contributed by atoms with Crippen molar-refractivity contribution in [3.8, 4) is 0 Å². The zero-order valence-electron chi connectivity index (χ0n) is 17.7. The van der Waals surface area contributed by atoms with Crippen molar-refractivity contribution in [2.24, 2.45) is 0 Å². The molecule has 4 rings (SSSR count). The van der Waals surface area contributed by atoms with E-state index in [0.29, 0.717) is 20.7 Å². The normalized spacial score (nSPS) is 19.9. The zero-order valence-corrected chi connectivity index (χ0v) is 21.8. The Kier molecular flexibility index (Phi) is 8.14. The molecule has 0 saturated carbocycles. The van der Waals surface area contributed by atoms with E-state index in [1.54, 1.807) is 0 Å². The first-order chi connectivity index (χ1) is 16.6. The van der Waals surface area contributed by atoms with Crippen molar-refractivity contribution >= 4 is 74.1 Å². The van der Waals surface area contributed by atoms with E-state index in [0.717, 1.165) is 4.88 Å². The van der Waals surface area contributed by atoms with Crippen LogP contribution in [-0.2, 0) is 37.5 Å². The minimum atomic E-state index is -4.14. The highest BCUT2D eigenvalue weighted by atomic mass is 32.2. The summed E-state index contributed by atoms with van der Waals surface area (Å²) in [6, 6.07) is 2.91. The molecule has 0 aliphatic carbocycles. The zero-order chi connectivity index (χ0) is 25.2. The predicted molar refractivity (Wildman–Crippen MR) is 132 cm³/mol. The van der Waals surface area contributed by atoms with Crippen LogP contribution in [0.2, 0.25) is 0 Å². The smallest absolute Gasteiger partial charge is 0.352 e. The molecular formula is C18H19N5O7S5. The van der Waals surface area contributed by atoms with Crippen LogP contribution in [0.25, 0.3) is 0 Å². The van der Waals surface area contributed by atoms with Crippen molar-refractivity contribution in [1.29, 1.82) is 0 Å². The van der Waals surface area contributed by atoms with E-state index in [4.69, 9.17) is 4.55 Å². The Morgan fingerprint density at radius 2 is 2.11 bits per heavy atom. The second-order valence-electron chi connectivity index (χ2n) is 7.37. The summed E-state index contributed by atoms with van der Waals surface area (Å²) in [5.74, 6) is -1.91.